The van der Waals surface area contributed by atoms with Crippen LogP contribution in [-0.2, 0) is 9.53 Å². The number of amides is 1. The van der Waals surface area contributed by atoms with Crippen molar-refractivity contribution < 1.29 is 14.3 Å². The highest BCUT2D eigenvalue weighted by Crippen LogP contribution is 2.26. The smallest absolute Gasteiger partial charge is 0.339 e. The van der Waals surface area contributed by atoms with Gasteiger partial charge in [-0.3, -0.25) is 4.79 Å². The maximum absolute atomic E-state index is 12.9. The van der Waals surface area contributed by atoms with Crippen molar-refractivity contribution in [2.24, 2.45) is 0 Å². The Bertz CT molecular complexity index is 1270. The number of hydrogen-bond acceptors (Lipinski definition) is 5. The number of nitrogens with one attached hydrogen (secondary N) is 1. The van der Waals surface area contributed by atoms with Gasteiger partial charge >= 0.3 is 5.97 Å². The van der Waals surface area contributed by atoms with E-state index in [-0.39, 0.29) is 5.15 Å². The number of aromatic nitrogens is 2. The first-order chi connectivity index (χ1) is 15.0. The van der Waals surface area contributed by atoms with Crippen molar-refractivity contribution in [3.05, 3.63) is 89.2 Å². The Morgan fingerprint density at radius 3 is 2.58 bits per heavy atom. The van der Waals surface area contributed by atoms with Crippen molar-refractivity contribution >= 4 is 40.1 Å². The van der Waals surface area contributed by atoms with Gasteiger partial charge in [0.2, 0.25) is 0 Å². The molecule has 0 bridgehead atoms. The third kappa shape index (κ3) is 4.70. The molecular weight excluding hydrogens is 414 g/mol. The topological polar surface area (TPSA) is 81.2 Å². The Morgan fingerprint density at radius 1 is 1.03 bits per heavy atom. The van der Waals surface area contributed by atoms with Gasteiger partial charge in [0, 0.05) is 17.1 Å². The summed E-state index contributed by atoms with van der Waals surface area (Å²) in [4.78, 5) is 33.6. The molecule has 4 aromatic rings. The minimum absolute atomic E-state index is 0.157. The number of pyridine rings is 2. The average molecular weight is 432 g/mol. The zero-order valence-electron chi connectivity index (χ0n) is 16.6. The van der Waals surface area contributed by atoms with Crippen LogP contribution >= 0.6 is 11.6 Å². The fraction of sp³-hybridized carbons (Fsp3) is 0.0833. The summed E-state index contributed by atoms with van der Waals surface area (Å²) in [6.07, 6.45) is 1.51. The Balaban J connectivity index is 1.57. The molecular formula is C24H18ClN3O3. The highest BCUT2D eigenvalue weighted by Gasteiger charge is 2.17. The number of fused-ring (bicyclic) bond motifs is 1. The number of nitrogens with zero attached hydrogens (tertiary/aromatic N) is 2. The van der Waals surface area contributed by atoms with E-state index >= 15 is 0 Å². The molecule has 0 unspecified atom stereocenters. The molecule has 1 N–H and O–H groups in total. The standard InChI is InChI=1S/C24H18ClN3O3/c1-15-8-10-16(11-9-15)21-13-18(17-5-2-3-6-19(17)27-21)24(30)31-14-22(29)28-20-7-4-12-26-23(20)25/h2-13H,14H2,1H3,(H,28,29). The van der Waals surface area contributed by atoms with Crippen molar-refractivity contribution in [3.63, 3.8) is 0 Å². The van der Waals surface area contributed by atoms with Crippen LogP contribution in [0.2, 0.25) is 5.15 Å². The third-order valence-electron chi connectivity index (χ3n) is 4.65. The number of carbonyl (C=O) groups excluding carboxylic acids is 2. The number of esters is 1. The summed E-state index contributed by atoms with van der Waals surface area (Å²) in [7, 11) is 0. The van der Waals surface area contributed by atoms with Crippen molar-refractivity contribution in [1.29, 1.82) is 0 Å². The molecule has 0 saturated carbocycles. The van der Waals surface area contributed by atoms with Crippen LogP contribution in [0, 0.1) is 6.92 Å². The summed E-state index contributed by atoms with van der Waals surface area (Å²) < 4.78 is 5.28. The summed E-state index contributed by atoms with van der Waals surface area (Å²) in [5.74, 6) is -1.13. The first-order valence-electron chi connectivity index (χ1n) is 9.55. The number of benzene rings is 2. The zero-order valence-corrected chi connectivity index (χ0v) is 17.4. The number of anilines is 1. The highest BCUT2D eigenvalue weighted by atomic mass is 35.5. The molecule has 0 atom stereocenters. The van der Waals surface area contributed by atoms with E-state index in [0.717, 1.165) is 11.1 Å². The minimum Gasteiger partial charge on any atom is -0.452 e. The molecule has 1 amide bonds. The third-order valence-corrected chi connectivity index (χ3v) is 4.95. The summed E-state index contributed by atoms with van der Waals surface area (Å²) >= 11 is 5.94. The van der Waals surface area contributed by atoms with E-state index in [1.54, 1.807) is 24.3 Å². The lowest BCUT2D eigenvalue weighted by atomic mass is 10.0. The van der Waals surface area contributed by atoms with Crippen molar-refractivity contribution in [2.45, 2.75) is 6.92 Å². The molecule has 31 heavy (non-hydrogen) atoms. The summed E-state index contributed by atoms with van der Waals surface area (Å²) in [5, 5.41) is 3.38. The molecule has 6 nitrogen and oxygen atoms in total. The Labute approximate surface area is 183 Å². The Morgan fingerprint density at radius 2 is 1.81 bits per heavy atom. The van der Waals surface area contributed by atoms with Gasteiger partial charge in [0.15, 0.2) is 11.8 Å². The van der Waals surface area contributed by atoms with Crippen molar-refractivity contribution in [2.75, 3.05) is 11.9 Å². The highest BCUT2D eigenvalue weighted by molar-refractivity contribution is 6.32. The van der Waals surface area contributed by atoms with E-state index < -0.39 is 18.5 Å². The number of rotatable bonds is 5. The quantitative estimate of drug-likeness (QED) is 0.353. The first kappa shape index (κ1) is 20.5. The number of hydrogen-bond donors (Lipinski definition) is 1. The predicted molar refractivity (Wildman–Crippen MR) is 120 cm³/mol. The van der Waals surface area contributed by atoms with Crippen molar-refractivity contribution in [3.8, 4) is 11.3 Å². The van der Waals surface area contributed by atoms with Gasteiger partial charge in [-0.05, 0) is 31.2 Å². The molecule has 0 aliphatic heterocycles. The van der Waals surface area contributed by atoms with E-state index in [1.807, 2.05) is 49.4 Å². The van der Waals surface area contributed by atoms with Gasteiger partial charge in [-0.1, -0.05) is 59.6 Å². The molecule has 0 spiro atoms. The van der Waals surface area contributed by atoms with E-state index in [2.05, 4.69) is 15.3 Å². The predicted octanol–water partition coefficient (Wildman–Crippen LogP) is 5.05. The van der Waals surface area contributed by atoms with Gasteiger partial charge in [-0.25, -0.2) is 14.8 Å². The lowest BCUT2D eigenvalue weighted by molar-refractivity contribution is -0.119. The molecule has 0 aliphatic carbocycles. The van der Waals surface area contributed by atoms with E-state index in [1.165, 1.54) is 6.20 Å². The second-order valence-electron chi connectivity index (χ2n) is 6.90. The molecule has 2 aromatic carbocycles. The molecule has 2 heterocycles. The van der Waals surface area contributed by atoms with Gasteiger partial charge in [-0.15, -0.1) is 0 Å². The number of halogens is 1. The molecule has 0 saturated heterocycles. The Hall–Kier alpha value is -3.77. The van der Waals surface area contributed by atoms with Crippen LogP contribution in [0.3, 0.4) is 0 Å². The minimum atomic E-state index is -0.612. The number of aryl methyl sites for hydroxylation is 1. The van der Waals surface area contributed by atoms with Crippen LogP contribution in [0.15, 0.2) is 72.9 Å². The fourth-order valence-electron chi connectivity index (χ4n) is 3.09. The van der Waals surface area contributed by atoms with Gasteiger partial charge in [-0.2, -0.15) is 0 Å². The van der Waals surface area contributed by atoms with E-state index in [0.29, 0.717) is 27.8 Å². The summed E-state index contributed by atoms with van der Waals surface area (Å²) in [5.41, 5.74) is 4.02. The van der Waals surface area contributed by atoms with Crippen LogP contribution < -0.4 is 5.32 Å². The number of carbonyl (C=O) groups is 2. The average Bonchev–Trinajstić information content (AvgIpc) is 2.79. The van der Waals surface area contributed by atoms with Crippen LogP contribution in [0.5, 0.6) is 0 Å². The largest absolute Gasteiger partial charge is 0.452 e. The molecule has 0 radical (unpaired) electrons. The van der Waals surface area contributed by atoms with E-state index in [9.17, 15) is 9.59 Å². The van der Waals surface area contributed by atoms with Crippen LogP contribution in [0.1, 0.15) is 15.9 Å². The van der Waals surface area contributed by atoms with Gasteiger partial charge in [0.05, 0.1) is 22.5 Å². The maximum atomic E-state index is 12.9. The molecule has 2 aromatic heterocycles. The van der Waals surface area contributed by atoms with Crippen molar-refractivity contribution in [1.82, 2.24) is 9.97 Å². The molecule has 0 aliphatic rings. The molecule has 0 fully saturated rings. The lowest BCUT2D eigenvalue weighted by Gasteiger charge is -2.11. The lowest BCUT2D eigenvalue weighted by Crippen LogP contribution is -2.21. The van der Waals surface area contributed by atoms with Gasteiger partial charge in [0.25, 0.3) is 5.91 Å². The fourth-order valence-corrected chi connectivity index (χ4v) is 3.26. The monoisotopic (exact) mass is 431 g/mol. The number of ether oxygens (including phenoxy) is 1. The SMILES string of the molecule is Cc1ccc(-c2cc(C(=O)OCC(=O)Nc3cccnc3Cl)c3ccccc3n2)cc1. The molecule has 154 valence electrons. The first-order valence-corrected chi connectivity index (χ1v) is 9.93. The van der Waals surface area contributed by atoms with Gasteiger partial charge in [0.1, 0.15) is 0 Å². The second-order valence-corrected chi connectivity index (χ2v) is 7.26. The number of para-hydroxylation sites is 1. The Kier molecular flexibility index (Phi) is 5.91. The van der Waals surface area contributed by atoms with E-state index in [4.69, 9.17) is 16.3 Å². The van der Waals surface area contributed by atoms with Gasteiger partial charge < -0.3 is 10.1 Å². The second kappa shape index (κ2) is 8.93. The molecule has 4 rings (SSSR count). The zero-order chi connectivity index (χ0) is 21.8. The van der Waals surface area contributed by atoms with Crippen LogP contribution in [-0.4, -0.2) is 28.5 Å². The normalized spacial score (nSPS) is 10.6. The molecule has 7 heteroatoms. The van der Waals surface area contributed by atoms with Crippen LogP contribution in [0.25, 0.3) is 22.2 Å². The summed E-state index contributed by atoms with van der Waals surface area (Å²) in [6, 6.07) is 20.1. The van der Waals surface area contributed by atoms with Crippen LogP contribution in [0.4, 0.5) is 5.69 Å². The maximum Gasteiger partial charge on any atom is 0.339 e. The summed E-state index contributed by atoms with van der Waals surface area (Å²) in [6.45, 7) is 1.55.